The lowest BCUT2D eigenvalue weighted by Gasteiger charge is -2.27. The molecule has 17 heavy (non-hydrogen) atoms. The van der Waals surface area contributed by atoms with E-state index in [0.717, 1.165) is 37.0 Å². The van der Waals surface area contributed by atoms with Crippen LogP contribution in [0.4, 0.5) is 5.82 Å². The summed E-state index contributed by atoms with van der Waals surface area (Å²) in [6.07, 6.45) is 0. The fourth-order valence-corrected chi connectivity index (χ4v) is 2.85. The van der Waals surface area contributed by atoms with Gasteiger partial charge < -0.3 is 10.2 Å². The Balaban J connectivity index is 1.83. The first-order chi connectivity index (χ1) is 8.43. The molecule has 1 saturated heterocycles. The maximum absolute atomic E-state index is 4.72. The maximum atomic E-state index is 4.72. The van der Waals surface area contributed by atoms with Gasteiger partial charge in [0.2, 0.25) is 0 Å². The van der Waals surface area contributed by atoms with Crippen LogP contribution in [-0.4, -0.2) is 31.2 Å². The van der Waals surface area contributed by atoms with E-state index in [1.807, 2.05) is 6.07 Å². The Hall–Kier alpha value is -1.39. The zero-order chi connectivity index (χ0) is 11.5. The van der Waals surface area contributed by atoms with Crippen LogP contribution < -0.4 is 10.2 Å². The molecule has 3 nitrogen and oxygen atoms in total. The number of hydrogen-bond donors (Lipinski definition) is 1. The standard InChI is InChI=1S/C13H15N3S/c1-2-4-11(5-3-1)13-15-12(10-17-13)16-8-6-14-7-9-16/h1-5,10,14H,6-9H2. The summed E-state index contributed by atoms with van der Waals surface area (Å²) < 4.78 is 0. The second kappa shape index (κ2) is 4.85. The summed E-state index contributed by atoms with van der Waals surface area (Å²) in [5, 5.41) is 6.63. The van der Waals surface area contributed by atoms with E-state index in [4.69, 9.17) is 4.98 Å². The van der Waals surface area contributed by atoms with Crippen molar-refractivity contribution in [1.29, 1.82) is 0 Å². The van der Waals surface area contributed by atoms with Crippen LogP contribution in [0.3, 0.4) is 0 Å². The average molecular weight is 245 g/mol. The number of thiazole rings is 1. The maximum Gasteiger partial charge on any atom is 0.140 e. The third kappa shape index (κ3) is 2.33. The van der Waals surface area contributed by atoms with E-state index in [-0.39, 0.29) is 0 Å². The molecule has 88 valence electrons. The van der Waals surface area contributed by atoms with Crippen molar-refractivity contribution >= 4 is 17.2 Å². The van der Waals surface area contributed by atoms with Crippen molar-refractivity contribution in [2.24, 2.45) is 0 Å². The molecule has 0 unspecified atom stereocenters. The predicted molar refractivity (Wildman–Crippen MR) is 72.6 cm³/mol. The summed E-state index contributed by atoms with van der Waals surface area (Å²) in [5.74, 6) is 1.12. The van der Waals surface area contributed by atoms with E-state index < -0.39 is 0 Å². The second-order valence-electron chi connectivity index (χ2n) is 4.11. The minimum Gasteiger partial charge on any atom is -0.353 e. The first-order valence-corrected chi connectivity index (χ1v) is 6.78. The van der Waals surface area contributed by atoms with Gasteiger partial charge in [-0.05, 0) is 0 Å². The largest absolute Gasteiger partial charge is 0.353 e. The summed E-state index contributed by atoms with van der Waals surface area (Å²) in [5.41, 5.74) is 1.21. The van der Waals surface area contributed by atoms with Gasteiger partial charge in [-0.1, -0.05) is 30.3 Å². The van der Waals surface area contributed by atoms with Crippen molar-refractivity contribution < 1.29 is 0 Å². The molecule has 1 aromatic heterocycles. The van der Waals surface area contributed by atoms with Gasteiger partial charge in [-0.25, -0.2) is 4.98 Å². The highest BCUT2D eigenvalue weighted by atomic mass is 32.1. The SMILES string of the molecule is c1ccc(-c2nc(N3CCNCC3)cs2)cc1. The van der Waals surface area contributed by atoms with Crippen LogP contribution in [0.15, 0.2) is 35.7 Å². The Kier molecular flexibility index (Phi) is 3.07. The van der Waals surface area contributed by atoms with Crippen molar-refractivity contribution in [1.82, 2.24) is 10.3 Å². The smallest absolute Gasteiger partial charge is 0.140 e. The van der Waals surface area contributed by atoms with Crippen LogP contribution in [-0.2, 0) is 0 Å². The molecule has 1 N–H and O–H groups in total. The highest BCUT2D eigenvalue weighted by Gasteiger charge is 2.13. The molecule has 0 aliphatic carbocycles. The van der Waals surface area contributed by atoms with Crippen LogP contribution >= 0.6 is 11.3 Å². The van der Waals surface area contributed by atoms with Crippen molar-refractivity contribution in [3.63, 3.8) is 0 Å². The van der Waals surface area contributed by atoms with E-state index in [1.165, 1.54) is 5.56 Å². The number of nitrogens with one attached hydrogen (secondary N) is 1. The van der Waals surface area contributed by atoms with Crippen LogP contribution in [0.5, 0.6) is 0 Å². The molecule has 1 aliphatic rings. The molecule has 0 atom stereocenters. The third-order valence-corrected chi connectivity index (χ3v) is 3.83. The van der Waals surface area contributed by atoms with Crippen molar-refractivity contribution in [3.8, 4) is 10.6 Å². The highest BCUT2D eigenvalue weighted by molar-refractivity contribution is 7.13. The minimum atomic E-state index is 1.05. The number of hydrogen-bond acceptors (Lipinski definition) is 4. The van der Waals surface area contributed by atoms with Crippen LogP contribution in [0.1, 0.15) is 0 Å². The lowest BCUT2D eigenvalue weighted by molar-refractivity contribution is 0.586. The summed E-state index contributed by atoms with van der Waals surface area (Å²) in [7, 11) is 0. The Morgan fingerprint density at radius 1 is 1.12 bits per heavy atom. The van der Waals surface area contributed by atoms with E-state index in [0.29, 0.717) is 0 Å². The summed E-state index contributed by atoms with van der Waals surface area (Å²) in [6.45, 7) is 4.21. The molecule has 2 heterocycles. The first kappa shape index (κ1) is 10.7. The lowest BCUT2D eigenvalue weighted by Crippen LogP contribution is -2.43. The molecule has 1 aromatic carbocycles. The molecule has 0 bridgehead atoms. The van der Waals surface area contributed by atoms with Gasteiger partial charge in [0.15, 0.2) is 0 Å². The molecule has 0 saturated carbocycles. The fourth-order valence-electron chi connectivity index (χ4n) is 2.02. The zero-order valence-corrected chi connectivity index (χ0v) is 10.4. The van der Waals surface area contributed by atoms with Gasteiger partial charge in [-0.3, -0.25) is 0 Å². The van der Waals surface area contributed by atoms with Crippen molar-refractivity contribution in [2.45, 2.75) is 0 Å². The van der Waals surface area contributed by atoms with Gasteiger partial charge in [-0.15, -0.1) is 11.3 Å². The van der Waals surface area contributed by atoms with Gasteiger partial charge in [0.1, 0.15) is 10.8 Å². The number of piperazine rings is 1. The number of benzene rings is 1. The van der Waals surface area contributed by atoms with Crippen LogP contribution in [0, 0.1) is 0 Å². The number of aromatic nitrogens is 1. The molecule has 0 radical (unpaired) electrons. The molecule has 1 fully saturated rings. The van der Waals surface area contributed by atoms with E-state index in [1.54, 1.807) is 11.3 Å². The molecule has 0 spiro atoms. The van der Waals surface area contributed by atoms with E-state index in [2.05, 4.69) is 39.9 Å². The van der Waals surface area contributed by atoms with Crippen LogP contribution in [0.2, 0.25) is 0 Å². The first-order valence-electron chi connectivity index (χ1n) is 5.90. The number of rotatable bonds is 2. The van der Waals surface area contributed by atoms with Crippen molar-refractivity contribution in [2.75, 3.05) is 31.1 Å². The number of nitrogens with zero attached hydrogens (tertiary/aromatic N) is 2. The van der Waals surface area contributed by atoms with Crippen LogP contribution in [0.25, 0.3) is 10.6 Å². The van der Waals surface area contributed by atoms with E-state index >= 15 is 0 Å². The fraction of sp³-hybridized carbons (Fsp3) is 0.308. The van der Waals surface area contributed by atoms with Crippen molar-refractivity contribution in [3.05, 3.63) is 35.7 Å². The predicted octanol–water partition coefficient (Wildman–Crippen LogP) is 2.22. The molecule has 0 amide bonds. The van der Waals surface area contributed by atoms with Gasteiger partial charge >= 0.3 is 0 Å². The summed E-state index contributed by atoms with van der Waals surface area (Å²) in [6, 6.07) is 10.4. The lowest BCUT2D eigenvalue weighted by atomic mass is 10.2. The summed E-state index contributed by atoms with van der Waals surface area (Å²) in [4.78, 5) is 7.07. The Morgan fingerprint density at radius 3 is 2.65 bits per heavy atom. The van der Waals surface area contributed by atoms with Gasteiger partial charge in [0, 0.05) is 37.1 Å². The quantitative estimate of drug-likeness (QED) is 0.879. The minimum absolute atomic E-state index is 1.05. The van der Waals surface area contributed by atoms with Gasteiger partial charge in [-0.2, -0.15) is 0 Å². The zero-order valence-electron chi connectivity index (χ0n) is 9.60. The third-order valence-electron chi connectivity index (χ3n) is 2.95. The Morgan fingerprint density at radius 2 is 1.88 bits per heavy atom. The molecule has 3 rings (SSSR count). The topological polar surface area (TPSA) is 28.2 Å². The highest BCUT2D eigenvalue weighted by Crippen LogP contribution is 2.27. The van der Waals surface area contributed by atoms with Gasteiger partial charge in [0.25, 0.3) is 0 Å². The molecular formula is C13H15N3S. The second-order valence-corrected chi connectivity index (χ2v) is 4.97. The molecule has 4 heteroatoms. The Bertz CT molecular complexity index is 474. The monoisotopic (exact) mass is 245 g/mol. The van der Waals surface area contributed by atoms with E-state index in [9.17, 15) is 0 Å². The number of anilines is 1. The Labute approximate surface area is 105 Å². The molecule has 1 aliphatic heterocycles. The van der Waals surface area contributed by atoms with Gasteiger partial charge in [0.05, 0.1) is 0 Å². The molecular weight excluding hydrogens is 230 g/mol. The normalized spacial score (nSPS) is 16.1. The average Bonchev–Trinajstić information content (AvgIpc) is 2.90. The summed E-state index contributed by atoms with van der Waals surface area (Å²) >= 11 is 1.72. The molecule has 2 aromatic rings.